The first-order chi connectivity index (χ1) is 8.57. The summed E-state index contributed by atoms with van der Waals surface area (Å²) in [6, 6.07) is 0. The van der Waals surface area contributed by atoms with Crippen molar-refractivity contribution in [1.82, 2.24) is 0 Å². The molecule has 5 heteroatoms. The van der Waals surface area contributed by atoms with E-state index in [1.54, 1.807) is 7.11 Å². The minimum absolute atomic E-state index is 0.521. The average Bonchev–Trinajstić information content (AvgIpc) is 2.20. The van der Waals surface area contributed by atoms with E-state index in [-0.39, 0.29) is 0 Å². The summed E-state index contributed by atoms with van der Waals surface area (Å²) >= 11 is 0. The molecule has 0 aliphatic carbocycles. The van der Waals surface area contributed by atoms with Crippen LogP contribution in [0.15, 0.2) is 36.5 Å². The Kier molecular flexibility index (Phi) is 7.22. The predicted molar refractivity (Wildman–Crippen MR) is 86.9 cm³/mol. The van der Waals surface area contributed by atoms with Crippen molar-refractivity contribution in [3.05, 3.63) is 36.5 Å². The van der Waals surface area contributed by atoms with Gasteiger partial charge in [0.1, 0.15) is 5.76 Å². The van der Waals surface area contributed by atoms with Crippen molar-refractivity contribution >= 4 is 16.6 Å². The fraction of sp³-hybridized carbons (Fsp3) is 0.571. The van der Waals surface area contributed by atoms with E-state index >= 15 is 0 Å². The minimum atomic E-state index is -1.68. The van der Waals surface area contributed by atoms with E-state index in [1.165, 1.54) is 0 Å². The van der Waals surface area contributed by atoms with Crippen LogP contribution in [0.4, 0.5) is 0 Å². The molecule has 110 valence electrons. The Balaban J connectivity index is 5.08. The standard InChI is InChI=1S/C14H28O3Si2/c1-9-10-11-13(16-18(3,4)5)12-14(15-2)17-19(6,7)8/h9,11-12H,1,10H2,2-8H3/b13-11-,14-12+. The van der Waals surface area contributed by atoms with Gasteiger partial charge in [0.2, 0.25) is 16.6 Å². The molecule has 0 aromatic carbocycles. The van der Waals surface area contributed by atoms with Crippen LogP contribution in [0, 0.1) is 0 Å². The molecule has 0 amide bonds. The smallest absolute Gasteiger partial charge is 0.268 e. The molecule has 0 heterocycles. The molecule has 0 radical (unpaired) electrons. The average molecular weight is 301 g/mol. The Morgan fingerprint density at radius 2 is 1.53 bits per heavy atom. The van der Waals surface area contributed by atoms with E-state index in [9.17, 15) is 0 Å². The Morgan fingerprint density at radius 1 is 1.00 bits per heavy atom. The van der Waals surface area contributed by atoms with Crippen LogP contribution in [0.25, 0.3) is 0 Å². The zero-order valence-electron chi connectivity index (χ0n) is 13.4. The predicted octanol–water partition coefficient (Wildman–Crippen LogP) is 4.64. The molecule has 0 atom stereocenters. The van der Waals surface area contributed by atoms with Gasteiger partial charge in [0, 0.05) is 0 Å². The molecule has 19 heavy (non-hydrogen) atoms. The van der Waals surface area contributed by atoms with Crippen LogP contribution >= 0.6 is 0 Å². The van der Waals surface area contributed by atoms with Gasteiger partial charge in [-0.15, -0.1) is 6.58 Å². The first kappa shape index (κ1) is 18.1. The summed E-state index contributed by atoms with van der Waals surface area (Å²) in [4.78, 5) is 0. The summed E-state index contributed by atoms with van der Waals surface area (Å²) in [6.07, 6.45) is 6.44. The van der Waals surface area contributed by atoms with Crippen molar-refractivity contribution in [3.8, 4) is 0 Å². The van der Waals surface area contributed by atoms with Crippen LogP contribution in [0.3, 0.4) is 0 Å². The van der Waals surface area contributed by atoms with Gasteiger partial charge in [0.05, 0.1) is 13.2 Å². The summed E-state index contributed by atoms with van der Waals surface area (Å²) in [5.74, 6) is 1.32. The lowest BCUT2D eigenvalue weighted by molar-refractivity contribution is 0.145. The SMILES string of the molecule is C=CC/C=C(/C=C(\OC)O[Si](C)(C)C)O[Si](C)(C)C. The highest BCUT2D eigenvalue weighted by Crippen LogP contribution is 2.17. The monoisotopic (exact) mass is 300 g/mol. The van der Waals surface area contributed by atoms with Crippen LogP contribution in [0.5, 0.6) is 0 Å². The van der Waals surface area contributed by atoms with E-state index in [1.807, 2.05) is 18.2 Å². The quantitative estimate of drug-likeness (QED) is 0.283. The summed E-state index contributed by atoms with van der Waals surface area (Å²) in [7, 11) is -1.72. The van der Waals surface area contributed by atoms with Gasteiger partial charge in [-0.1, -0.05) is 6.08 Å². The fourth-order valence-corrected chi connectivity index (χ4v) is 2.83. The molecule has 0 aromatic rings. The third kappa shape index (κ3) is 10.6. The van der Waals surface area contributed by atoms with Crippen molar-refractivity contribution in [2.45, 2.75) is 45.7 Å². The van der Waals surface area contributed by atoms with Crippen LogP contribution in [-0.2, 0) is 13.6 Å². The van der Waals surface area contributed by atoms with Gasteiger partial charge in [-0.25, -0.2) is 0 Å². The van der Waals surface area contributed by atoms with Crippen molar-refractivity contribution in [2.75, 3.05) is 7.11 Å². The number of hydrogen-bond donors (Lipinski definition) is 0. The second-order valence-corrected chi connectivity index (χ2v) is 15.1. The van der Waals surface area contributed by atoms with Gasteiger partial charge < -0.3 is 13.6 Å². The molecular formula is C14H28O3Si2. The molecule has 0 aromatic heterocycles. The normalized spacial score (nSPS) is 14.1. The highest BCUT2D eigenvalue weighted by Gasteiger charge is 2.20. The van der Waals surface area contributed by atoms with Gasteiger partial charge >= 0.3 is 0 Å². The van der Waals surface area contributed by atoms with E-state index in [2.05, 4.69) is 45.9 Å². The summed E-state index contributed by atoms with van der Waals surface area (Å²) < 4.78 is 17.2. The first-order valence-electron chi connectivity index (χ1n) is 6.52. The van der Waals surface area contributed by atoms with Crippen LogP contribution < -0.4 is 0 Å². The van der Waals surface area contributed by atoms with E-state index in [0.717, 1.165) is 12.2 Å². The van der Waals surface area contributed by atoms with Crippen molar-refractivity contribution in [3.63, 3.8) is 0 Å². The molecule has 0 fully saturated rings. The third-order valence-electron chi connectivity index (χ3n) is 1.78. The van der Waals surface area contributed by atoms with Crippen LogP contribution in [-0.4, -0.2) is 23.7 Å². The molecule has 0 aliphatic heterocycles. The maximum Gasteiger partial charge on any atom is 0.268 e. The minimum Gasteiger partial charge on any atom is -0.544 e. The van der Waals surface area contributed by atoms with Gasteiger partial charge in [0.25, 0.3) is 5.95 Å². The highest BCUT2D eigenvalue weighted by atomic mass is 28.4. The number of hydrogen-bond acceptors (Lipinski definition) is 3. The van der Waals surface area contributed by atoms with Gasteiger partial charge in [-0.2, -0.15) is 0 Å². The number of rotatable bonds is 8. The van der Waals surface area contributed by atoms with Crippen molar-refractivity contribution in [1.29, 1.82) is 0 Å². The maximum absolute atomic E-state index is 6.02. The Bertz CT molecular complexity index is 347. The molecule has 0 saturated heterocycles. The topological polar surface area (TPSA) is 27.7 Å². The zero-order chi connectivity index (χ0) is 15.1. The molecule has 0 N–H and O–H groups in total. The Morgan fingerprint density at radius 3 is 1.89 bits per heavy atom. The first-order valence-corrected chi connectivity index (χ1v) is 13.3. The maximum atomic E-state index is 6.02. The Hall–Kier alpha value is -0.946. The van der Waals surface area contributed by atoms with Crippen molar-refractivity contribution < 1.29 is 13.6 Å². The second kappa shape index (κ2) is 7.60. The number of methoxy groups -OCH3 is 1. The zero-order valence-corrected chi connectivity index (χ0v) is 15.4. The molecule has 0 unspecified atom stereocenters. The lowest BCUT2D eigenvalue weighted by Gasteiger charge is -2.23. The molecule has 0 aliphatic rings. The number of allylic oxidation sites excluding steroid dienone is 3. The van der Waals surface area contributed by atoms with Crippen LogP contribution in [0.2, 0.25) is 39.3 Å². The highest BCUT2D eigenvalue weighted by molar-refractivity contribution is 6.70. The molecule has 3 nitrogen and oxygen atoms in total. The molecule has 0 bridgehead atoms. The third-order valence-corrected chi connectivity index (χ3v) is 3.44. The largest absolute Gasteiger partial charge is 0.544 e. The fourth-order valence-electron chi connectivity index (χ4n) is 1.23. The lowest BCUT2D eigenvalue weighted by Crippen LogP contribution is -2.26. The molecule has 0 saturated carbocycles. The molecular weight excluding hydrogens is 272 g/mol. The second-order valence-electron chi connectivity index (χ2n) is 6.23. The van der Waals surface area contributed by atoms with Crippen LogP contribution in [0.1, 0.15) is 6.42 Å². The summed E-state index contributed by atoms with van der Waals surface area (Å²) in [5.41, 5.74) is 0. The Labute approximate surface area is 120 Å². The van der Waals surface area contributed by atoms with E-state index < -0.39 is 16.6 Å². The summed E-state index contributed by atoms with van der Waals surface area (Å²) in [6.45, 7) is 16.5. The number of ether oxygens (including phenoxy) is 1. The van der Waals surface area contributed by atoms with Crippen molar-refractivity contribution in [2.24, 2.45) is 0 Å². The van der Waals surface area contributed by atoms with Gasteiger partial charge in [0.15, 0.2) is 0 Å². The molecule has 0 spiro atoms. The summed E-state index contributed by atoms with van der Waals surface area (Å²) in [5, 5.41) is 0. The van der Waals surface area contributed by atoms with Gasteiger partial charge in [-0.05, 0) is 51.8 Å². The van der Waals surface area contributed by atoms with Gasteiger partial charge in [-0.3, -0.25) is 0 Å². The lowest BCUT2D eigenvalue weighted by atomic mass is 10.3. The van der Waals surface area contributed by atoms with E-state index in [4.69, 9.17) is 13.6 Å². The van der Waals surface area contributed by atoms with E-state index in [0.29, 0.717) is 5.95 Å². The molecule has 0 rings (SSSR count).